The number of nitrogens with zero attached hydrogens (tertiary/aromatic N) is 2. The third-order valence-electron chi connectivity index (χ3n) is 5.73. The van der Waals surface area contributed by atoms with Crippen LogP contribution in [0.3, 0.4) is 0 Å². The molecule has 0 saturated heterocycles. The molecular formula is C27H23FN2O5. The topological polar surface area (TPSA) is 82.8 Å². The van der Waals surface area contributed by atoms with E-state index in [0.29, 0.717) is 28.8 Å². The van der Waals surface area contributed by atoms with E-state index in [-0.39, 0.29) is 30.3 Å². The van der Waals surface area contributed by atoms with E-state index in [4.69, 9.17) is 14.2 Å². The zero-order valence-corrected chi connectivity index (χ0v) is 19.0. The van der Waals surface area contributed by atoms with Crippen LogP contribution in [0.1, 0.15) is 35.5 Å². The van der Waals surface area contributed by atoms with Gasteiger partial charge in [-0.1, -0.05) is 42.5 Å². The van der Waals surface area contributed by atoms with Crippen molar-refractivity contribution in [2.75, 3.05) is 6.61 Å². The standard InChI is InChI=1S/C27H23FN2O5/c1-2-33-27(32)21-25(35-16-18-6-4-3-5-7-18)22-23-24(34-13-12-30(23)26(21)31)19(15-29-22)14-17-8-10-20(28)11-9-17/h3-13,15,27,32H,2,14,16H2,1H3. The minimum Gasteiger partial charge on any atom is -0.486 e. The molecule has 5 rings (SSSR count). The van der Waals surface area contributed by atoms with Gasteiger partial charge in [-0.05, 0) is 30.2 Å². The van der Waals surface area contributed by atoms with Crippen LogP contribution in [-0.2, 0) is 17.8 Å². The lowest BCUT2D eigenvalue weighted by molar-refractivity contribution is -0.100. The average molecular weight is 474 g/mol. The van der Waals surface area contributed by atoms with Crippen molar-refractivity contribution in [3.8, 4) is 11.5 Å². The predicted molar refractivity (Wildman–Crippen MR) is 129 cm³/mol. The second kappa shape index (κ2) is 9.69. The fourth-order valence-electron chi connectivity index (χ4n) is 4.08. The molecule has 1 atom stereocenters. The number of benzene rings is 2. The van der Waals surface area contributed by atoms with Crippen LogP contribution in [0.4, 0.5) is 4.39 Å². The average Bonchev–Trinajstić information content (AvgIpc) is 2.88. The third-order valence-corrected chi connectivity index (χ3v) is 5.73. The summed E-state index contributed by atoms with van der Waals surface area (Å²) in [6, 6.07) is 15.6. The van der Waals surface area contributed by atoms with Gasteiger partial charge >= 0.3 is 0 Å². The first-order valence-electron chi connectivity index (χ1n) is 11.2. The van der Waals surface area contributed by atoms with E-state index in [1.54, 1.807) is 25.3 Å². The van der Waals surface area contributed by atoms with Crippen molar-refractivity contribution >= 4 is 17.2 Å². The zero-order chi connectivity index (χ0) is 24.4. The summed E-state index contributed by atoms with van der Waals surface area (Å²) < 4.78 is 32.0. The van der Waals surface area contributed by atoms with E-state index in [1.165, 1.54) is 29.2 Å². The first-order valence-corrected chi connectivity index (χ1v) is 11.2. The quantitative estimate of drug-likeness (QED) is 0.377. The summed E-state index contributed by atoms with van der Waals surface area (Å²) in [6.45, 7) is 2.09. The van der Waals surface area contributed by atoms with Gasteiger partial charge in [-0.25, -0.2) is 4.39 Å². The zero-order valence-electron chi connectivity index (χ0n) is 19.0. The molecule has 0 saturated carbocycles. The molecule has 3 heterocycles. The highest BCUT2D eigenvalue weighted by molar-refractivity contribution is 5.91. The highest BCUT2D eigenvalue weighted by atomic mass is 19.1. The minimum atomic E-state index is -1.49. The Bertz CT molecular complexity index is 1450. The molecule has 1 N–H and O–H groups in total. The van der Waals surface area contributed by atoms with Crippen LogP contribution in [-0.4, -0.2) is 21.3 Å². The highest BCUT2D eigenvalue weighted by Crippen LogP contribution is 2.39. The van der Waals surface area contributed by atoms with E-state index >= 15 is 0 Å². The Balaban J connectivity index is 1.67. The van der Waals surface area contributed by atoms with E-state index in [0.717, 1.165) is 11.1 Å². The normalized spacial score (nSPS) is 13.0. The van der Waals surface area contributed by atoms with Gasteiger partial charge in [0.1, 0.15) is 35.3 Å². The highest BCUT2D eigenvalue weighted by Gasteiger charge is 2.29. The molecule has 0 spiro atoms. The molecule has 1 aliphatic rings. The van der Waals surface area contributed by atoms with Gasteiger partial charge in [0.15, 0.2) is 17.8 Å². The van der Waals surface area contributed by atoms with Crippen LogP contribution in [0.5, 0.6) is 11.5 Å². The summed E-state index contributed by atoms with van der Waals surface area (Å²) in [6.07, 6.45) is 3.44. The molecule has 0 amide bonds. The Morgan fingerprint density at radius 3 is 2.63 bits per heavy atom. The number of pyridine rings is 2. The number of hydrogen-bond acceptors (Lipinski definition) is 6. The fraction of sp³-hybridized carbons (Fsp3) is 0.185. The number of halogens is 1. The Kier molecular flexibility index (Phi) is 6.31. The molecule has 7 nitrogen and oxygen atoms in total. The number of aliphatic hydroxyl groups excluding tert-OH is 1. The van der Waals surface area contributed by atoms with Crippen molar-refractivity contribution in [1.82, 2.24) is 9.55 Å². The maximum atomic E-state index is 13.5. The van der Waals surface area contributed by atoms with Crippen LogP contribution in [0, 0.1) is 5.82 Å². The number of hydrogen-bond donors (Lipinski definition) is 1. The second-order valence-corrected chi connectivity index (χ2v) is 8.02. The molecule has 8 heteroatoms. The smallest absolute Gasteiger partial charge is 0.267 e. The van der Waals surface area contributed by atoms with Crippen molar-refractivity contribution in [3.63, 3.8) is 0 Å². The summed E-state index contributed by atoms with van der Waals surface area (Å²) in [5.41, 5.74) is 2.71. The molecule has 1 unspecified atom stereocenters. The lowest BCUT2D eigenvalue weighted by Gasteiger charge is -2.23. The van der Waals surface area contributed by atoms with Gasteiger partial charge in [0.2, 0.25) is 0 Å². The molecule has 178 valence electrons. The molecule has 0 aliphatic carbocycles. The van der Waals surface area contributed by atoms with E-state index in [2.05, 4.69) is 4.98 Å². The molecule has 1 aliphatic heterocycles. The van der Waals surface area contributed by atoms with Crippen LogP contribution >= 0.6 is 0 Å². The number of aromatic nitrogens is 2. The van der Waals surface area contributed by atoms with Gasteiger partial charge in [-0.3, -0.25) is 14.3 Å². The largest absolute Gasteiger partial charge is 0.486 e. The molecule has 0 fully saturated rings. The maximum Gasteiger partial charge on any atom is 0.267 e. The summed E-state index contributed by atoms with van der Waals surface area (Å²) in [7, 11) is 0. The molecule has 2 aromatic carbocycles. The Morgan fingerprint density at radius 2 is 1.89 bits per heavy atom. The lowest BCUT2D eigenvalue weighted by atomic mass is 10.0. The Hall–Kier alpha value is -4.01. The first kappa shape index (κ1) is 22.8. The van der Waals surface area contributed by atoms with Crippen molar-refractivity contribution in [2.45, 2.75) is 26.2 Å². The molecule has 35 heavy (non-hydrogen) atoms. The number of ether oxygens (including phenoxy) is 3. The third kappa shape index (κ3) is 4.41. The minimum absolute atomic E-state index is 0.0356. The maximum absolute atomic E-state index is 13.5. The van der Waals surface area contributed by atoms with Gasteiger partial charge in [0.05, 0.1) is 0 Å². The molecular weight excluding hydrogens is 451 g/mol. The van der Waals surface area contributed by atoms with Gasteiger partial charge in [0, 0.05) is 31.0 Å². The summed E-state index contributed by atoms with van der Waals surface area (Å²) in [5.74, 6) is 0.265. The first-order chi connectivity index (χ1) is 17.1. The predicted octanol–water partition coefficient (Wildman–Crippen LogP) is 4.55. The van der Waals surface area contributed by atoms with Crippen LogP contribution in [0.2, 0.25) is 0 Å². The molecule has 4 aromatic rings. The van der Waals surface area contributed by atoms with Gasteiger partial charge in [0.25, 0.3) is 5.56 Å². The van der Waals surface area contributed by atoms with E-state index in [1.807, 2.05) is 30.3 Å². The number of aliphatic hydroxyl groups is 1. The van der Waals surface area contributed by atoms with E-state index < -0.39 is 11.8 Å². The molecule has 2 aromatic heterocycles. The van der Waals surface area contributed by atoms with Crippen molar-refractivity contribution < 1.29 is 23.7 Å². The fourth-order valence-corrected chi connectivity index (χ4v) is 4.08. The Labute approximate surface area is 200 Å². The van der Waals surface area contributed by atoms with Crippen LogP contribution < -0.4 is 15.0 Å². The van der Waals surface area contributed by atoms with Crippen molar-refractivity contribution in [3.05, 3.63) is 105 Å². The van der Waals surface area contributed by atoms with Crippen molar-refractivity contribution in [2.24, 2.45) is 0 Å². The van der Waals surface area contributed by atoms with E-state index in [9.17, 15) is 14.3 Å². The van der Waals surface area contributed by atoms with Crippen molar-refractivity contribution in [1.29, 1.82) is 0 Å². The molecule has 0 radical (unpaired) electrons. The summed E-state index contributed by atoms with van der Waals surface area (Å²) in [4.78, 5) is 18.1. The Morgan fingerprint density at radius 1 is 1.11 bits per heavy atom. The molecule has 0 bridgehead atoms. The van der Waals surface area contributed by atoms with Gasteiger partial charge < -0.3 is 19.3 Å². The SMILES string of the molecule is CCOC(O)c1c(OCc2ccccc2)c2ncc(Cc3ccc(F)cc3)c3c2n(c1=O)C=CO3. The van der Waals surface area contributed by atoms with Crippen LogP contribution in [0.15, 0.2) is 71.9 Å². The monoisotopic (exact) mass is 474 g/mol. The lowest BCUT2D eigenvalue weighted by Crippen LogP contribution is -2.27. The van der Waals surface area contributed by atoms with Crippen LogP contribution in [0.25, 0.3) is 17.2 Å². The summed E-state index contributed by atoms with van der Waals surface area (Å²) >= 11 is 0. The second-order valence-electron chi connectivity index (χ2n) is 8.02. The number of rotatable bonds is 8. The van der Waals surface area contributed by atoms with Gasteiger partial charge in [-0.15, -0.1) is 0 Å². The van der Waals surface area contributed by atoms with Gasteiger partial charge in [-0.2, -0.15) is 0 Å². The summed E-state index contributed by atoms with van der Waals surface area (Å²) in [5, 5.41) is 10.7.